The SMILES string of the molecule is CCCNC(=O)[C@H](C)NC(=O)COC(=O)c1cc(S(C)(=O)=O)ccc1Cl. The van der Waals surface area contributed by atoms with Crippen molar-refractivity contribution in [2.24, 2.45) is 0 Å². The van der Waals surface area contributed by atoms with Crippen LogP contribution >= 0.6 is 11.6 Å². The van der Waals surface area contributed by atoms with E-state index in [4.69, 9.17) is 16.3 Å². The zero-order valence-electron chi connectivity index (χ0n) is 14.7. The van der Waals surface area contributed by atoms with E-state index < -0.39 is 34.4 Å². The van der Waals surface area contributed by atoms with Crippen LogP contribution < -0.4 is 10.6 Å². The van der Waals surface area contributed by atoms with E-state index in [-0.39, 0.29) is 21.4 Å². The normalized spacial score (nSPS) is 12.2. The van der Waals surface area contributed by atoms with E-state index in [2.05, 4.69) is 10.6 Å². The minimum atomic E-state index is -3.53. The van der Waals surface area contributed by atoms with Crippen molar-refractivity contribution in [1.29, 1.82) is 0 Å². The smallest absolute Gasteiger partial charge is 0.340 e. The van der Waals surface area contributed by atoms with Gasteiger partial charge in [0.05, 0.1) is 15.5 Å². The summed E-state index contributed by atoms with van der Waals surface area (Å²) in [7, 11) is -3.53. The van der Waals surface area contributed by atoms with Gasteiger partial charge >= 0.3 is 5.97 Å². The molecule has 1 rings (SSSR count). The van der Waals surface area contributed by atoms with Gasteiger partial charge in [-0.3, -0.25) is 9.59 Å². The summed E-state index contributed by atoms with van der Waals surface area (Å²) in [4.78, 5) is 35.4. The van der Waals surface area contributed by atoms with Gasteiger partial charge in [-0.1, -0.05) is 18.5 Å². The topological polar surface area (TPSA) is 119 Å². The molecule has 2 amide bonds. The third-order valence-electron chi connectivity index (χ3n) is 3.24. The maximum atomic E-state index is 12.0. The lowest BCUT2D eigenvalue weighted by molar-refractivity contribution is -0.130. The van der Waals surface area contributed by atoms with Crippen LogP contribution in [-0.4, -0.2) is 51.7 Å². The summed E-state index contributed by atoms with van der Waals surface area (Å²) in [5.41, 5.74) is -0.170. The second-order valence-electron chi connectivity index (χ2n) is 5.57. The molecule has 8 nitrogen and oxygen atoms in total. The summed E-state index contributed by atoms with van der Waals surface area (Å²) in [6, 6.07) is 2.82. The Morgan fingerprint density at radius 3 is 2.50 bits per heavy atom. The molecule has 0 radical (unpaired) electrons. The first-order valence-electron chi connectivity index (χ1n) is 7.80. The van der Waals surface area contributed by atoms with Crippen LogP contribution in [0.3, 0.4) is 0 Å². The van der Waals surface area contributed by atoms with Crippen molar-refractivity contribution in [3.8, 4) is 0 Å². The average molecular weight is 405 g/mol. The van der Waals surface area contributed by atoms with Gasteiger partial charge in [-0.2, -0.15) is 0 Å². The Kier molecular flexibility index (Phi) is 8.04. The Bertz CT molecular complexity index is 794. The molecule has 1 atom stereocenters. The highest BCUT2D eigenvalue weighted by atomic mass is 35.5. The van der Waals surface area contributed by atoms with Crippen molar-refractivity contribution in [1.82, 2.24) is 10.6 Å². The molecule has 0 bridgehead atoms. The minimum absolute atomic E-state index is 0.00452. The molecular weight excluding hydrogens is 384 g/mol. The number of ether oxygens (including phenoxy) is 1. The number of carbonyl (C=O) groups excluding carboxylic acids is 3. The number of benzene rings is 1. The standard InChI is InChI=1S/C16H21ClN2O6S/c1-4-7-18-15(21)10(2)19-14(20)9-25-16(22)12-8-11(26(3,23)24)5-6-13(12)17/h5-6,8,10H,4,7,9H2,1-3H3,(H,18,21)(H,19,20)/t10-/m0/s1. The summed E-state index contributed by atoms with van der Waals surface area (Å²) >= 11 is 5.88. The Morgan fingerprint density at radius 1 is 1.27 bits per heavy atom. The van der Waals surface area contributed by atoms with Crippen LogP contribution in [0.25, 0.3) is 0 Å². The Balaban J connectivity index is 2.66. The molecule has 0 saturated heterocycles. The molecule has 0 spiro atoms. The first kappa shape index (κ1) is 21.9. The van der Waals surface area contributed by atoms with Crippen LogP contribution in [0.4, 0.5) is 0 Å². The molecule has 0 unspecified atom stereocenters. The number of amides is 2. The molecule has 10 heteroatoms. The van der Waals surface area contributed by atoms with Crippen LogP contribution in [0.5, 0.6) is 0 Å². The van der Waals surface area contributed by atoms with E-state index in [1.54, 1.807) is 0 Å². The maximum absolute atomic E-state index is 12.0. The average Bonchev–Trinajstić information content (AvgIpc) is 2.56. The number of rotatable bonds is 8. The highest BCUT2D eigenvalue weighted by Crippen LogP contribution is 2.21. The predicted octanol–water partition coefficient (Wildman–Crippen LogP) is 0.931. The number of nitrogens with one attached hydrogen (secondary N) is 2. The largest absolute Gasteiger partial charge is 0.452 e. The molecule has 0 fully saturated rings. The van der Waals surface area contributed by atoms with Gasteiger partial charge in [0.2, 0.25) is 5.91 Å². The highest BCUT2D eigenvalue weighted by Gasteiger charge is 2.19. The third-order valence-corrected chi connectivity index (χ3v) is 4.68. The molecule has 1 aromatic rings. The summed E-state index contributed by atoms with van der Waals surface area (Å²) in [6.07, 6.45) is 1.75. The molecule has 0 aliphatic heterocycles. The van der Waals surface area contributed by atoms with Gasteiger partial charge in [0.1, 0.15) is 6.04 Å². The fourth-order valence-electron chi connectivity index (χ4n) is 1.85. The molecule has 0 aliphatic rings. The van der Waals surface area contributed by atoms with Gasteiger partial charge in [-0.25, -0.2) is 13.2 Å². The van der Waals surface area contributed by atoms with E-state index in [9.17, 15) is 22.8 Å². The van der Waals surface area contributed by atoms with Gasteiger partial charge in [-0.05, 0) is 31.5 Å². The van der Waals surface area contributed by atoms with Crippen molar-refractivity contribution in [2.75, 3.05) is 19.4 Å². The van der Waals surface area contributed by atoms with Crippen LogP contribution in [-0.2, 0) is 24.2 Å². The molecule has 26 heavy (non-hydrogen) atoms. The first-order chi connectivity index (χ1) is 12.1. The number of sulfone groups is 1. The van der Waals surface area contributed by atoms with Gasteiger partial charge < -0.3 is 15.4 Å². The third kappa shape index (κ3) is 6.64. The summed E-state index contributed by atoms with van der Waals surface area (Å²) in [6.45, 7) is 3.25. The number of hydrogen-bond donors (Lipinski definition) is 2. The molecule has 0 saturated carbocycles. The van der Waals surface area contributed by atoms with Crippen LogP contribution in [0, 0.1) is 0 Å². The Morgan fingerprint density at radius 2 is 1.92 bits per heavy atom. The summed E-state index contributed by atoms with van der Waals surface area (Å²) < 4.78 is 27.9. The Hall–Kier alpha value is -2.13. The van der Waals surface area contributed by atoms with E-state index in [1.807, 2.05) is 6.92 Å². The maximum Gasteiger partial charge on any atom is 0.340 e. The van der Waals surface area contributed by atoms with E-state index in [0.717, 1.165) is 18.7 Å². The molecule has 0 heterocycles. The fourth-order valence-corrected chi connectivity index (χ4v) is 2.69. The van der Waals surface area contributed by atoms with Gasteiger partial charge in [0.15, 0.2) is 16.4 Å². The summed E-state index contributed by atoms with van der Waals surface area (Å²) in [5, 5.41) is 5.00. The zero-order valence-corrected chi connectivity index (χ0v) is 16.2. The number of hydrogen-bond acceptors (Lipinski definition) is 6. The molecule has 144 valence electrons. The monoisotopic (exact) mass is 404 g/mol. The van der Waals surface area contributed by atoms with Gasteiger partial charge in [0.25, 0.3) is 5.91 Å². The minimum Gasteiger partial charge on any atom is -0.452 e. The predicted molar refractivity (Wildman–Crippen MR) is 95.7 cm³/mol. The number of esters is 1. The molecule has 0 aliphatic carbocycles. The fraction of sp³-hybridized carbons (Fsp3) is 0.438. The van der Waals surface area contributed by atoms with Crippen LogP contribution in [0.1, 0.15) is 30.6 Å². The first-order valence-corrected chi connectivity index (χ1v) is 10.1. The highest BCUT2D eigenvalue weighted by molar-refractivity contribution is 7.90. The van der Waals surface area contributed by atoms with Crippen LogP contribution in [0.15, 0.2) is 23.1 Å². The van der Waals surface area contributed by atoms with Crippen molar-refractivity contribution in [3.05, 3.63) is 28.8 Å². The van der Waals surface area contributed by atoms with Crippen molar-refractivity contribution in [3.63, 3.8) is 0 Å². The number of halogens is 1. The molecule has 2 N–H and O–H groups in total. The van der Waals surface area contributed by atoms with Crippen molar-refractivity contribution >= 4 is 39.2 Å². The Labute approximate surface area is 157 Å². The summed E-state index contributed by atoms with van der Waals surface area (Å²) in [5.74, 6) is -1.97. The zero-order chi connectivity index (χ0) is 19.9. The number of carbonyl (C=O) groups is 3. The molecule has 1 aromatic carbocycles. The van der Waals surface area contributed by atoms with Gasteiger partial charge in [0, 0.05) is 12.8 Å². The van der Waals surface area contributed by atoms with Crippen molar-refractivity contribution < 1.29 is 27.5 Å². The van der Waals surface area contributed by atoms with Gasteiger partial charge in [-0.15, -0.1) is 0 Å². The lowest BCUT2D eigenvalue weighted by Crippen LogP contribution is -2.46. The second kappa shape index (κ2) is 9.54. The van der Waals surface area contributed by atoms with E-state index in [1.165, 1.54) is 19.1 Å². The van der Waals surface area contributed by atoms with Crippen LogP contribution in [0.2, 0.25) is 5.02 Å². The quantitative estimate of drug-likeness (QED) is 0.622. The lowest BCUT2D eigenvalue weighted by Gasteiger charge is -2.14. The van der Waals surface area contributed by atoms with Crippen molar-refractivity contribution in [2.45, 2.75) is 31.2 Å². The second-order valence-corrected chi connectivity index (χ2v) is 7.99. The lowest BCUT2D eigenvalue weighted by atomic mass is 10.2. The molecule has 0 aromatic heterocycles. The van der Waals surface area contributed by atoms with E-state index >= 15 is 0 Å². The molecular formula is C16H21ClN2O6S. The van der Waals surface area contributed by atoms with E-state index in [0.29, 0.717) is 6.54 Å².